The first-order chi connectivity index (χ1) is 28.6. The van der Waals surface area contributed by atoms with Gasteiger partial charge < -0.3 is 13.4 Å². The Kier molecular flexibility index (Phi) is 7.79. The minimum Gasteiger partial charge on any atom is -0.456 e. The lowest BCUT2D eigenvalue weighted by Gasteiger charge is -2.11. The third-order valence-electron chi connectivity index (χ3n) is 11.2. The summed E-state index contributed by atoms with van der Waals surface area (Å²) in [5.41, 5.74) is 13.4. The van der Waals surface area contributed by atoms with Crippen LogP contribution in [0.15, 0.2) is 207 Å². The van der Waals surface area contributed by atoms with Crippen LogP contribution in [0.3, 0.4) is 0 Å². The van der Waals surface area contributed by atoms with Crippen molar-refractivity contribution < 1.29 is 8.83 Å². The quantitative estimate of drug-likeness (QED) is 0.126. The zero-order valence-corrected chi connectivity index (χ0v) is 31.7. The van der Waals surface area contributed by atoms with E-state index in [-0.39, 0.29) is 0 Å². The standard InChI is InChI=1S/C53H35N3O2/c1-33(54-53(36-12-4-3-5-13-36)55-34(2)37-22-28-45-43-15-7-10-18-49(43)58-52(45)32-37)35-20-25-40(26-21-35)56-47-17-9-6-14-41(47)42-27-23-39(31-48(42)56)38-24-29-51-46(30-38)44-16-8-11-19-50(44)57-51/h3-32H,2H2,1H3. The van der Waals surface area contributed by atoms with Gasteiger partial charge in [0.05, 0.1) is 16.7 Å². The predicted octanol–water partition coefficient (Wildman–Crippen LogP) is 14.2. The molecule has 0 spiro atoms. The van der Waals surface area contributed by atoms with E-state index in [0.717, 1.165) is 94.1 Å². The van der Waals surface area contributed by atoms with Gasteiger partial charge in [0.2, 0.25) is 0 Å². The number of fused-ring (bicyclic) bond motifs is 9. The van der Waals surface area contributed by atoms with E-state index in [0.29, 0.717) is 11.5 Å². The van der Waals surface area contributed by atoms with E-state index in [1.807, 2.05) is 79.7 Å². The van der Waals surface area contributed by atoms with Gasteiger partial charge in [-0.3, -0.25) is 0 Å². The number of nitrogens with zero attached hydrogens (tertiary/aromatic N) is 3. The Bertz CT molecular complexity index is 3470. The molecule has 5 heteroatoms. The summed E-state index contributed by atoms with van der Waals surface area (Å²) in [4.78, 5) is 10.1. The highest BCUT2D eigenvalue weighted by atomic mass is 16.3. The van der Waals surface area contributed by atoms with E-state index in [2.05, 4.69) is 120 Å². The highest BCUT2D eigenvalue weighted by Gasteiger charge is 2.16. The molecule has 0 fully saturated rings. The van der Waals surface area contributed by atoms with Crippen LogP contribution in [0.1, 0.15) is 23.6 Å². The number of hydrogen-bond donors (Lipinski definition) is 0. The van der Waals surface area contributed by atoms with Gasteiger partial charge in [0.25, 0.3) is 0 Å². The predicted molar refractivity (Wildman–Crippen MR) is 241 cm³/mol. The minimum atomic E-state index is 0.591. The second-order valence-corrected chi connectivity index (χ2v) is 14.7. The number of hydrogen-bond acceptors (Lipinski definition) is 3. The first-order valence-electron chi connectivity index (χ1n) is 19.4. The number of benzene rings is 8. The fourth-order valence-electron chi connectivity index (χ4n) is 8.25. The summed E-state index contributed by atoms with van der Waals surface area (Å²) in [6, 6.07) is 63.0. The number of furan rings is 2. The minimum absolute atomic E-state index is 0.591. The van der Waals surface area contributed by atoms with Gasteiger partial charge in [0.1, 0.15) is 22.3 Å². The van der Waals surface area contributed by atoms with Gasteiger partial charge in [-0.05, 0) is 84.3 Å². The normalized spacial score (nSPS) is 12.5. The monoisotopic (exact) mass is 745 g/mol. The van der Waals surface area contributed by atoms with Crippen molar-refractivity contribution in [2.24, 2.45) is 9.98 Å². The van der Waals surface area contributed by atoms with Crippen LogP contribution in [0.25, 0.3) is 88.2 Å². The molecule has 3 heterocycles. The van der Waals surface area contributed by atoms with Crippen LogP contribution >= 0.6 is 0 Å². The third-order valence-corrected chi connectivity index (χ3v) is 11.2. The number of para-hydroxylation sites is 3. The zero-order chi connectivity index (χ0) is 38.7. The summed E-state index contributed by atoms with van der Waals surface area (Å²) in [7, 11) is 0. The van der Waals surface area contributed by atoms with Crippen molar-refractivity contribution in [1.82, 2.24) is 4.57 Å². The maximum Gasteiger partial charge on any atom is 0.160 e. The topological polar surface area (TPSA) is 55.9 Å². The molecule has 3 aromatic heterocycles. The lowest BCUT2D eigenvalue weighted by Crippen LogP contribution is -2.04. The van der Waals surface area contributed by atoms with E-state index in [1.54, 1.807) is 0 Å². The van der Waals surface area contributed by atoms with Crippen LogP contribution in [-0.2, 0) is 0 Å². The smallest absolute Gasteiger partial charge is 0.160 e. The zero-order valence-electron chi connectivity index (χ0n) is 31.7. The number of aromatic nitrogens is 1. The summed E-state index contributed by atoms with van der Waals surface area (Å²) < 4.78 is 14.7. The van der Waals surface area contributed by atoms with Gasteiger partial charge in [-0.15, -0.1) is 0 Å². The van der Waals surface area contributed by atoms with E-state index in [1.165, 1.54) is 10.8 Å². The third kappa shape index (κ3) is 5.63. The summed E-state index contributed by atoms with van der Waals surface area (Å²) in [6.07, 6.45) is 0. The number of rotatable bonds is 6. The molecule has 0 aliphatic carbocycles. The van der Waals surface area contributed by atoms with E-state index in [4.69, 9.17) is 18.8 Å². The van der Waals surface area contributed by atoms with Gasteiger partial charge in [-0.2, -0.15) is 0 Å². The Morgan fingerprint density at radius 2 is 1.00 bits per heavy atom. The molecule has 0 unspecified atom stereocenters. The average molecular weight is 746 g/mol. The van der Waals surface area contributed by atoms with E-state index in [9.17, 15) is 0 Å². The van der Waals surface area contributed by atoms with Crippen molar-refractivity contribution >= 4 is 82.9 Å². The average Bonchev–Trinajstić information content (AvgIpc) is 3.95. The summed E-state index contributed by atoms with van der Waals surface area (Å²) in [5, 5.41) is 6.83. The molecule has 0 bridgehead atoms. The molecule has 5 nitrogen and oxygen atoms in total. The van der Waals surface area contributed by atoms with Crippen LogP contribution < -0.4 is 0 Å². The van der Waals surface area contributed by atoms with Gasteiger partial charge in [-0.25, -0.2) is 9.98 Å². The molecule has 0 saturated heterocycles. The number of aliphatic imine (C=N–C) groups is 2. The fourth-order valence-corrected chi connectivity index (χ4v) is 8.25. The van der Waals surface area contributed by atoms with Gasteiger partial charge in [0.15, 0.2) is 5.84 Å². The molecule has 11 rings (SSSR count). The summed E-state index contributed by atoms with van der Waals surface area (Å²) in [6.45, 7) is 6.39. The summed E-state index contributed by atoms with van der Waals surface area (Å²) in [5.74, 6) is 0.591. The first kappa shape index (κ1) is 33.6. The van der Waals surface area contributed by atoms with E-state index >= 15 is 0 Å². The van der Waals surface area contributed by atoms with Crippen LogP contribution in [-0.4, -0.2) is 16.1 Å². The van der Waals surface area contributed by atoms with Crippen LogP contribution in [0.2, 0.25) is 0 Å². The van der Waals surface area contributed by atoms with Crippen molar-refractivity contribution in [3.63, 3.8) is 0 Å². The molecule has 0 atom stereocenters. The molecule has 0 aliphatic rings. The highest BCUT2D eigenvalue weighted by molar-refractivity contribution is 6.14. The lowest BCUT2D eigenvalue weighted by atomic mass is 10.0. The summed E-state index contributed by atoms with van der Waals surface area (Å²) >= 11 is 0. The van der Waals surface area contributed by atoms with Crippen molar-refractivity contribution in [3.05, 3.63) is 205 Å². The SMILES string of the molecule is C=C(N=C(N=C(C)c1ccc(-n2c3ccccc3c3ccc(-c4ccc5oc6ccccc6c5c4)cc32)cc1)c1ccccc1)c1ccc2c(c1)oc1ccccc12. The highest BCUT2D eigenvalue weighted by Crippen LogP contribution is 2.37. The number of amidine groups is 1. The Hall–Kier alpha value is -7.76. The van der Waals surface area contributed by atoms with Gasteiger partial charge >= 0.3 is 0 Å². The molecular formula is C53H35N3O2. The van der Waals surface area contributed by atoms with Crippen LogP contribution in [0.5, 0.6) is 0 Å². The molecule has 11 aromatic rings. The maximum atomic E-state index is 6.17. The van der Waals surface area contributed by atoms with Crippen LogP contribution in [0, 0.1) is 0 Å². The van der Waals surface area contributed by atoms with Crippen LogP contribution in [0.4, 0.5) is 0 Å². The molecule has 0 radical (unpaired) electrons. The van der Waals surface area contributed by atoms with Crippen molar-refractivity contribution in [3.8, 4) is 16.8 Å². The molecule has 0 N–H and O–H groups in total. The maximum absolute atomic E-state index is 6.17. The van der Waals surface area contributed by atoms with E-state index < -0.39 is 0 Å². The second kappa shape index (κ2) is 13.5. The van der Waals surface area contributed by atoms with Crippen molar-refractivity contribution in [2.75, 3.05) is 0 Å². The molecule has 0 amide bonds. The Morgan fingerprint density at radius 1 is 0.431 bits per heavy atom. The molecule has 8 aromatic carbocycles. The molecule has 0 aliphatic heterocycles. The Balaban J connectivity index is 0.959. The first-order valence-corrected chi connectivity index (χ1v) is 19.4. The fraction of sp³-hybridized carbons (Fsp3) is 0.0189. The largest absolute Gasteiger partial charge is 0.456 e. The van der Waals surface area contributed by atoms with Gasteiger partial charge in [-0.1, -0.05) is 128 Å². The van der Waals surface area contributed by atoms with Crippen molar-refractivity contribution in [2.45, 2.75) is 6.92 Å². The Morgan fingerprint density at radius 3 is 1.79 bits per heavy atom. The second-order valence-electron chi connectivity index (χ2n) is 14.7. The van der Waals surface area contributed by atoms with Gasteiger partial charge in [0, 0.05) is 54.8 Å². The van der Waals surface area contributed by atoms with Crippen molar-refractivity contribution in [1.29, 1.82) is 0 Å². The Labute approximate surface area is 334 Å². The molecule has 0 saturated carbocycles. The molecule has 58 heavy (non-hydrogen) atoms. The lowest BCUT2D eigenvalue weighted by molar-refractivity contribution is 0.668. The molecule has 274 valence electrons. The molecular weight excluding hydrogens is 711 g/mol.